The minimum absolute atomic E-state index is 0.177. The predicted molar refractivity (Wildman–Crippen MR) is 171 cm³/mol. The Labute approximate surface area is 246 Å². The van der Waals surface area contributed by atoms with Gasteiger partial charge >= 0.3 is 0 Å². The molecule has 0 unspecified atom stereocenters. The third-order valence-electron chi connectivity index (χ3n) is 8.23. The van der Waals surface area contributed by atoms with Gasteiger partial charge in [-0.15, -0.1) is 0 Å². The Kier molecular flexibility index (Phi) is 5.41. The summed E-state index contributed by atoms with van der Waals surface area (Å²) in [5.74, 6) is -0.642. The lowest BCUT2D eigenvalue weighted by Crippen LogP contribution is -2.04. The van der Waals surface area contributed by atoms with Gasteiger partial charge in [0, 0.05) is 32.8 Å². The largest absolute Gasteiger partial charge is 0.307 e. The Hall–Kier alpha value is -6.17. The van der Waals surface area contributed by atoms with Crippen LogP contribution in [0.3, 0.4) is 0 Å². The maximum Gasteiger partial charge on any atom is 0.224 e. The van der Waals surface area contributed by atoms with Crippen LogP contribution in [0.15, 0.2) is 127 Å². The highest BCUT2D eigenvalue weighted by Gasteiger charge is 2.27. The lowest BCUT2D eigenvalue weighted by Gasteiger charge is -2.19. The van der Waals surface area contributed by atoms with Crippen molar-refractivity contribution >= 4 is 49.3 Å². The van der Waals surface area contributed by atoms with Gasteiger partial charge in [0.15, 0.2) is 0 Å². The quantitative estimate of drug-likeness (QED) is 0.201. The number of hydrogen-bond acceptors (Lipinski definition) is 1. The molecule has 0 spiro atoms. The van der Waals surface area contributed by atoms with Crippen LogP contribution in [0, 0.1) is 23.7 Å². The normalized spacial score (nSPS) is 11.3. The van der Waals surface area contributed by atoms with Crippen LogP contribution in [0.5, 0.6) is 0 Å². The number of para-hydroxylation sites is 3. The van der Waals surface area contributed by atoms with Crippen LogP contribution >= 0.6 is 0 Å². The maximum absolute atomic E-state index is 16.4. The third-order valence-corrected chi connectivity index (χ3v) is 8.23. The molecule has 5 heteroatoms. The number of aromatic nitrogens is 2. The second-order valence-corrected chi connectivity index (χ2v) is 10.5. The number of halogens is 1. The summed E-state index contributed by atoms with van der Waals surface area (Å²) in [6, 6.07) is 43.7. The van der Waals surface area contributed by atoms with E-state index in [0.717, 1.165) is 49.3 Å². The Bertz CT molecular complexity index is 2470. The summed E-state index contributed by atoms with van der Waals surface area (Å²) in [5, 5.41) is 14.6. The molecule has 0 fully saturated rings. The summed E-state index contributed by atoms with van der Waals surface area (Å²) in [4.78, 5) is 3.46. The van der Waals surface area contributed by atoms with Gasteiger partial charge in [-0.1, -0.05) is 97.1 Å². The summed E-state index contributed by atoms with van der Waals surface area (Å²) >= 11 is 0. The second kappa shape index (κ2) is 9.45. The Morgan fingerprint density at radius 1 is 0.628 bits per heavy atom. The molecular formula is C38H21FN4. The first-order valence-corrected chi connectivity index (χ1v) is 13.9. The average molecular weight is 553 g/mol. The van der Waals surface area contributed by atoms with Gasteiger partial charge in [0.2, 0.25) is 5.69 Å². The monoisotopic (exact) mass is 552 g/mol. The minimum Gasteiger partial charge on any atom is -0.307 e. The topological polar surface area (TPSA) is 38.0 Å². The standard InChI is InChI=1S/C38H21FN4/c1-41-31-22-25(23-40)36(34(35(31)39)24-12-4-2-5-13-24)43-33-19-11-9-17-28(33)30-21-20-29-27-16-8-10-18-32(27)42(37(29)38(30)43)26-14-6-3-7-15-26/h2-22H. The van der Waals surface area contributed by atoms with Crippen LogP contribution in [0.2, 0.25) is 0 Å². The van der Waals surface area contributed by atoms with Crippen LogP contribution in [-0.2, 0) is 0 Å². The molecule has 8 rings (SSSR count). The first-order valence-electron chi connectivity index (χ1n) is 13.9. The second-order valence-electron chi connectivity index (χ2n) is 10.5. The molecule has 8 aromatic rings. The molecule has 200 valence electrons. The highest BCUT2D eigenvalue weighted by molar-refractivity contribution is 6.24. The van der Waals surface area contributed by atoms with Crippen LogP contribution < -0.4 is 0 Å². The zero-order valence-corrected chi connectivity index (χ0v) is 22.8. The minimum atomic E-state index is -0.642. The molecule has 0 aliphatic carbocycles. The molecule has 0 amide bonds. The van der Waals surface area contributed by atoms with Crippen LogP contribution in [0.4, 0.5) is 10.1 Å². The average Bonchev–Trinajstić information content (AvgIpc) is 3.58. The lowest BCUT2D eigenvalue weighted by atomic mass is 9.97. The van der Waals surface area contributed by atoms with Crippen molar-refractivity contribution in [1.82, 2.24) is 9.13 Å². The van der Waals surface area contributed by atoms with Crippen LogP contribution in [0.1, 0.15) is 5.56 Å². The molecule has 4 nitrogen and oxygen atoms in total. The predicted octanol–water partition coefficient (Wildman–Crippen LogP) is 10.1. The van der Waals surface area contributed by atoms with E-state index >= 15 is 4.39 Å². The van der Waals surface area contributed by atoms with Crippen molar-refractivity contribution < 1.29 is 4.39 Å². The van der Waals surface area contributed by atoms with Crippen LogP contribution in [0.25, 0.3) is 71.0 Å². The molecule has 0 radical (unpaired) electrons. The molecule has 0 saturated heterocycles. The first-order chi connectivity index (χ1) is 21.2. The lowest BCUT2D eigenvalue weighted by molar-refractivity contribution is 0.636. The van der Waals surface area contributed by atoms with E-state index in [-0.39, 0.29) is 16.8 Å². The number of fused-ring (bicyclic) bond motifs is 7. The van der Waals surface area contributed by atoms with Crippen molar-refractivity contribution in [2.45, 2.75) is 0 Å². The molecule has 0 aliphatic rings. The zero-order chi connectivity index (χ0) is 29.1. The molecule has 6 aromatic carbocycles. The summed E-state index contributed by atoms with van der Waals surface area (Å²) in [6.45, 7) is 7.68. The fourth-order valence-corrected chi connectivity index (χ4v) is 6.48. The molecule has 0 N–H and O–H groups in total. The molecule has 2 heterocycles. The molecule has 0 bridgehead atoms. The van der Waals surface area contributed by atoms with Gasteiger partial charge in [-0.25, -0.2) is 9.24 Å². The number of nitrogens with zero attached hydrogens (tertiary/aromatic N) is 4. The fraction of sp³-hybridized carbons (Fsp3) is 0. The van der Waals surface area contributed by atoms with Gasteiger partial charge in [-0.05, 0) is 35.9 Å². The fourth-order valence-electron chi connectivity index (χ4n) is 6.48. The van der Waals surface area contributed by atoms with Gasteiger partial charge in [0.25, 0.3) is 0 Å². The van der Waals surface area contributed by atoms with Crippen molar-refractivity contribution in [3.8, 4) is 28.6 Å². The molecule has 0 saturated carbocycles. The molecule has 0 aliphatic heterocycles. The Morgan fingerprint density at radius 3 is 1.77 bits per heavy atom. The van der Waals surface area contributed by atoms with Gasteiger partial charge < -0.3 is 9.13 Å². The maximum atomic E-state index is 16.4. The highest BCUT2D eigenvalue weighted by atomic mass is 19.1. The summed E-state index contributed by atoms with van der Waals surface area (Å²) < 4.78 is 20.7. The van der Waals surface area contributed by atoms with E-state index in [0.29, 0.717) is 11.3 Å². The molecule has 0 atom stereocenters. The van der Waals surface area contributed by atoms with Crippen molar-refractivity contribution in [2.75, 3.05) is 0 Å². The Balaban J connectivity index is 1.68. The van der Waals surface area contributed by atoms with E-state index in [1.165, 1.54) is 6.07 Å². The van der Waals surface area contributed by atoms with E-state index in [2.05, 4.69) is 57.9 Å². The number of rotatable bonds is 3. The van der Waals surface area contributed by atoms with Crippen molar-refractivity contribution in [2.24, 2.45) is 0 Å². The van der Waals surface area contributed by atoms with Crippen molar-refractivity contribution in [3.05, 3.63) is 150 Å². The van der Waals surface area contributed by atoms with Gasteiger partial charge in [-0.2, -0.15) is 5.26 Å². The third kappa shape index (κ3) is 3.46. The number of nitriles is 1. The van der Waals surface area contributed by atoms with Crippen molar-refractivity contribution in [3.63, 3.8) is 0 Å². The summed E-state index contributed by atoms with van der Waals surface area (Å²) in [5.41, 5.74) is 6.01. The highest BCUT2D eigenvalue weighted by Crippen LogP contribution is 2.45. The van der Waals surface area contributed by atoms with E-state index < -0.39 is 5.82 Å². The van der Waals surface area contributed by atoms with Gasteiger partial charge in [-0.3, -0.25) is 0 Å². The van der Waals surface area contributed by atoms with E-state index in [1.807, 2.05) is 83.4 Å². The molecule has 2 aromatic heterocycles. The summed E-state index contributed by atoms with van der Waals surface area (Å²) in [7, 11) is 0. The van der Waals surface area contributed by atoms with Crippen molar-refractivity contribution in [1.29, 1.82) is 5.26 Å². The summed E-state index contributed by atoms with van der Waals surface area (Å²) in [6.07, 6.45) is 0. The molecular weight excluding hydrogens is 531 g/mol. The number of hydrogen-bond donors (Lipinski definition) is 0. The number of benzene rings is 6. The van der Waals surface area contributed by atoms with Crippen LogP contribution in [-0.4, -0.2) is 9.13 Å². The van der Waals surface area contributed by atoms with E-state index in [4.69, 9.17) is 6.57 Å². The van der Waals surface area contributed by atoms with Gasteiger partial charge in [0.05, 0.1) is 39.9 Å². The molecule has 43 heavy (non-hydrogen) atoms. The van der Waals surface area contributed by atoms with E-state index in [1.54, 1.807) is 0 Å². The van der Waals surface area contributed by atoms with Gasteiger partial charge in [0.1, 0.15) is 11.9 Å². The first kappa shape index (κ1) is 24.6. The Morgan fingerprint density at radius 2 is 1.16 bits per heavy atom. The SMILES string of the molecule is [C-]#[N+]c1cc(C#N)c(-n2c3ccccc3c3ccc4c5ccccc5n(-c5ccccc5)c4c32)c(-c2ccccc2)c1F. The smallest absolute Gasteiger partial charge is 0.224 e. The van der Waals surface area contributed by atoms with E-state index in [9.17, 15) is 5.26 Å². The zero-order valence-electron chi connectivity index (χ0n) is 22.8.